The molecule has 1 N–H and O–H groups in total. The Morgan fingerprint density at radius 3 is 2.10 bits per heavy atom. The molecule has 0 saturated heterocycles. The molecule has 0 spiro atoms. The number of hydrogen-bond acceptors (Lipinski definition) is 2. The van der Waals surface area contributed by atoms with Crippen LogP contribution in [-0.2, 0) is 17.3 Å². The van der Waals surface area contributed by atoms with Crippen LogP contribution in [0.2, 0.25) is 0 Å². The molecule has 5 heteroatoms. The van der Waals surface area contributed by atoms with Crippen molar-refractivity contribution in [1.82, 2.24) is 5.32 Å². The highest BCUT2D eigenvalue weighted by atomic mass is 19.4. The van der Waals surface area contributed by atoms with Crippen molar-refractivity contribution in [3.8, 4) is 0 Å². The lowest BCUT2D eigenvalue weighted by atomic mass is 10.0. The normalized spacial score (nSPS) is 14.2. The van der Waals surface area contributed by atoms with Crippen LogP contribution in [0.1, 0.15) is 38.8 Å². The van der Waals surface area contributed by atoms with Crippen LogP contribution in [0.15, 0.2) is 24.3 Å². The first kappa shape index (κ1) is 18.0. The van der Waals surface area contributed by atoms with Crippen molar-refractivity contribution in [1.29, 1.82) is 0 Å². The summed E-state index contributed by atoms with van der Waals surface area (Å²) in [6.07, 6.45) is -3.64. The van der Waals surface area contributed by atoms with Crippen LogP contribution in [0.25, 0.3) is 0 Å². The number of benzene rings is 1. The average Bonchev–Trinajstić information content (AvgIpc) is 2.35. The summed E-state index contributed by atoms with van der Waals surface area (Å²) in [4.78, 5) is 0. The Labute approximate surface area is 124 Å². The average molecular weight is 303 g/mol. The van der Waals surface area contributed by atoms with E-state index in [4.69, 9.17) is 4.74 Å². The van der Waals surface area contributed by atoms with Crippen molar-refractivity contribution in [2.24, 2.45) is 0 Å². The van der Waals surface area contributed by atoms with Crippen LogP contribution in [-0.4, -0.2) is 24.8 Å². The van der Waals surface area contributed by atoms with Gasteiger partial charge in [0.15, 0.2) is 0 Å². The molecule has 0 aliphatic heterocycles. The summed E-state index contributed by atoms with van der Waals surface area (Å²) in [5, 5.41) is 3.30. The largest absolute Gasteiger partial charge is 0.416 e. The van der Waals surface area contributed by atoms with Gasteiger partial charge in [-0.15, -0.1) is 0 Å². The van der Waals surface area contributed by atoms with Gasteiger partial charge in [0.2, 0.25) is 0 Å². The third-order valence-electron chi connectivity index (χ3n) is 2.97. The summed E-state index contributed by atoms with van der Waals surface area (Å²) >= 11 is 0. The van der Waals surface area contributed by atoms with Crippen molar-refractivity contribution in [3.05, 3.63) is 35.4 Å². The number of halogens is 3. The molecule has 120 valence electrons. The fourth-order valence-electron chi connectivity index (χ4n) is 1.94. The second-order valence-electron chi connectivity index (χ2n) is 6.08. The molecule has 0 heterocycles. The molecule has 1 atom stereocenters. The summed E-state index contributed by atoms with van der Waals surface area (Å²) < 4.78 is 43.3. The number of likely N-dealkylation sites (N-methyl/N-ethyl adjacent to an activating group) is 1. The van der Waals surface area contributed by atoms with Crippen molar-refractivity contribution in [3.63, 3.8) is 0 Å². The van der Waals surface area contributed by atoms with Gasteiger partial charge < -0.3 is 10.1 Å². The van der Waals surface area contributed by atoms with E-state index in [0.717, 1.165) is 24.2 Å². The molecule has 0 aliphatic rings. The Kier molecular flexibility index (Phi) is 6.23. The minimum absolute atomic E-state index is 0.0889. The summed E-state index contributed by atoms with van der Waals surface area (Å²) in [5.41, 5.74) is 0.0250. The summed E-state index contributed by atoms with van der Waals surface area (Å²) in [6, 6.07) is 5.41. The SMILES string of the molecule is CCNC(COC(C)(C)C)Cc1ccc(C(F)(F)F)cc1. The highest BCUT2D eigenvalue weighted by Crippen LogP contribution is 2.29. The van der Waals surface area contributed by atoms with Crippen molar-refractivity contribution >= 4 is 0 Å². The lowest BCUT2D eigenvalue weighted by Gasteiger charge is -2.25. The second-order valence-corrected chi connectivity index (χ2v) is 6.08. The van der Waals surface area contributed by atoms with Crippen LogP contribution in [0.5, 0.6) is 0 Å². The Morgan fingerprint density at radius 1 is 1.10 bits per heavy atom. The second kappa shape index (κ2) is 7.27. The van der Waals surface area contributed by atoms with Gasteiger partial charge in [0.1, 0.15) is 0 Å². The molecular weight excluding hydrogens is 279 g/mol. The van der Waals surface area contributed by atoms with E-state index in [0.29, 0.717) is 13.0 Å². The van der Waals surface area contributed by atoms with E-state index >= 15 is 0 Å². The number of hydrogen-bond donors (Lipinski definition) is 1. The molecular formula is C16H24F3NO. The van der Waals surface area contributed by atoms with Crippen molar-refractivity contribution in [2.75, 3.05) is 13.2 Å². The fraction of sp³-hybridized carbons (Fsp3) is 0.625. The highest BCUT2D eigenvalue weighted by molar-refractivity contribution is 5.25. The molecule has 1 rings (SSSR count). The zero-order chi connectivity index (χ0) is 16.1. The van der Waals surface area contributed by atoms with Crippen LogP contribution in [0.4, 0.5) is 13.2 Å². The van der Waals surface area contributed by atoms with Gasteiger partial charge in [0.05, 0.1) is 17.8 Å². The van der Waals surface area contributed by atoms with Crippen LogP contribution in [0.3, 0.4) is 0 Å². The molecule has 2 nitrogen and oxygen atoms in total. The molecule has 1 aromatic rings. The monoisotopic (exact) mass is 303 g/mol. The maximum Gasteiger partial charge on any atom is 0.416 e. The first-order valence-electron chi connectivity index (χ1n) is 7.15. The van der Waals surface area contributed by atoms with Gasteiger partial charge in [0.25, 0.3) is 0 Å². The lowest BCUT2D eigenvalue weighted by Crippen LogP contribution is -2.38. The zero-order valence-electron chi connectivity index (χ0n) is 13.1. The molecule has 0 saturated carbocycles. The Morgan fingerprint density at radius 2 is 1.67 bits per heavy atom. The van der Waals surface area contributed by atoms with Crippen molar-refractivity contribution < 1.29 is 17.9 Å². The zero-order valence-corrected chi connectivity index (χ0v) is 13.1. The maximum atomic E-state index is 12.5. The lowest BCUT2D eigenvalue weighted by molar-refractivity contribution is -0.137. The standard InChI is InChI=1S/C16H24F3NO/c1-5-20-14(11-21-15(2,3)4)10-12-6-8-13(9-7-12)16(17,18)19/h6-9,14,20H,5,10-11H2,1-4H3. The predicted molar refractivity (Wildman–Crippen MR) is 78.3 cm³/mol. The van der Waals surface area contributed by atoms with Gasteiger partial charge in [-0.3, -0.25) is 0 Å². The molecule has 0 aliphatic carbocycles. The van der Waals surface area contributed by atoms with Gasteiger partial charge in [0, 0.05) is 6.04 Å². The molecule has 21 heavy (non-hydrogen) atoms. The molecule has 1 aromatic carbocycles. The number of ether oxygens (including phenoxy) is 1. The van der Waals surface area contributed by atoms with Gasteiger partial charge in [-0.25, -0.2) is 0 Å². The smallest absolute Gasteiger partial charge is 0.374 e. The van der Waals surface area contributed by atoms with E-state index in [2.05, 4.69) is 5.32 Å². The summed E-state index contributed by atoms with van der Waals surface area (Å²) in [6.45, 7) is 9.25. The molecule has 0 fully saturated rings. The van der Waals surface area contributed by atoms with Gasteiger partial charge in [-0.05, 0) is 51.4 Å². The van der Waals surface area contributed by atoms with E-state index in [9.17, 15) is 13.2 Å². The predicted octanol–water partition coefficient (Wildman–Crippen LogP) is 4.04. The molecule has 1 unspecified atom stereocenters. The van der Waals surface area contributed by atoms with E-state index < -0.39 is 11.7 Å². The van der Waals surface area contributed by atoms with Crippen molar-refractivity contribution in [2.45, 2.75) is 51.9 Å². The van der Waals surface area contributed by atoms with Crippen LogP contribution >= 0.6 is 0 Å². The molecule has 0 radical (unpaired) electrons. The number of nitrogens with one attached hydrogen (secondary N) is 1. The molecule has 0 amide bonds. The fourth-order valence-corrected chi connectivity index (χ4v) is 1.94. The van der Waals surface area contributed by atoms with E-state index in [-0.39, 0.29) is 11.6 Å². The minimum atomic E-state index is -4.28. The molecule has 0 aromatic heterocycles. The number of rotatable bonds is 6. The minimum Gasteiger partial charge on any atom is -0.374 e. The third kappa shape index (κ3) is 6.96. The highest BCUT2D eigenvalue weighted by Gasteiger charge is 2.30. The van der Waals surface area contributed by atoms with Gasteiger partial charge in [-0.1, -0.05) is 19.1 Å². The Bertz CT molecular complexity index is 421. The maximum absolute atomic E-state index is 12.5. The van der Waals surface area contributed by atoms with Crippen LogP contribution < -0.4 is 5.32 Å². The third-order valence-corrected chi connectivity index (χ3v) is 2.97. The van der Waals surface area contributed by atoms with E-state index in [1.54, 1.807) is 0 Å². The van der Waals surface area contributed by atoms with E-state index in [1.165, 1.54) is 12.1 Å². The van der Waals surface area contributed by atoms with Gasteiger partial charge in [-0.2, -0.15) is 13.2 Å². The quantitative estimate of drug-likeness (QED) is 0.856. The Hall–Kier alpha value is -1.07. The summed E-state index contributed by atoms with van der Waals surface area (Å²) in [7, 11) is 0. The van der Waals surface area contributed by atoms with Crippen LogP contribution in [0, 0.1) is 0 Å². The van der Waals surface area contributed by atoms with E-state index in [1.807, 2.05) is 27.7 Å². The first-order valence-corrected chi connectivity index (χ1v) is 7.15. The topological polar surface area (TPSA) is 21.3 Å². The van der Waals surface area contributed by atoms with Gasteiger partial charge >= 0.3 is 6.18 Å². The first-order chi connectivity index (χ1) is 9.62. The Balaban J connectivity index is 2.66. The summed E-state index contributed by atoms with van der Waals surface area (Å²) in [5.74, 6) is 0. The number of alkyl halides is 3. The molecule has 0 bridgehead atoms.